The fraction of sp³-hybridized carbons (Fsp3) is 0.486. The number of anilines is 1. The molecule has 4 aromatic rings. The van der Waals surface area contributed by atoms with Gasteiger partial charge in [0.15, 0.2) is 5.82 Å². The zero-order chi connectivity index (χ0) is 32.3. The number of hydrogen-bond donors (Lipinski definition) is 0. The molecule has 2 aliphatic heterocycles. The van der Waals surface area contributed by atoms with Crippen molar-refractivity contribution in [3.05, 3.63) is 53.5 Å². The summed E-state index contributed by atoms with van der Waals surface area (Å²) >= 11 is 7.00. The van der Waals surface area contributed by atoms with Crippen molar-refractivity contribution in [3.8, 4) is 17.1 Å². The number of likely N-dealkylation sites (tertiary alicyclic amines) is 1. The Labute approximate surface area is 274 Å². The second kappa shape index (κ2) is 12.1. The molecule has 2 saturated heterocycles. The summed E-state index contributed by atoms with van der Waals surface area (Å²) in [6.45, 7) is 13.3. The highest BCUT2D eigenvalue weighted by Crippen LogP contribution is 2.43. The number of ether oxygens (including phenoxy) is 1. The number of fused-ring (bicyclic) bond motifs is 2. The Morgan fingerprint density at radius 1 is 1.15 bits per heavy atom. The first kappa shape index (κ1) is 30.9. The summed E-state index contributed by atoms with van der Waals surface area (Å²) in [7, 11) is 1.85. The predicted molar refractivity (Wildman–Crippen MR) is 180 cm³/mol. The molecule has 3 fully saturated rings. The molecule has 3 aliphatic rings. The van der Waals surface area contributed by atoms with Crippen molar-refractivity contribution in [2.24, 2.45) is 13.0 Å². The minimum atomic E-state index is -0.523. The van der Waals surface area contributed by atoms with E-state index in [2.05, 4.69) is 21.5 Å². The van der Waals surface area contributed by atoms with E-state index in [0.29, 0.717) is 36.5 Å². The second-order valence-corrected chi connectivity index (χ2v) is 13.7. The van der Waals surface area contributed by atoms with Crippen LogP contribution in [-0.4, -0.2) is 86.4 Å². The molecule has 0 bridgehead atoms. The number of nitrogens with zero attached hydrogens (tertiary/aromatic N) is 7. The van der Waals surface area contributed by atoms with Crippen molar-refractivity contribution in [1.82, 2.24) is 29.5 Å². The second-order valence-electron chi connectivity index (χ2n) is 13.3. The topological polar surface area (TPSA) is 79.6 Å². The first-order valence-corrected chi connectivity index (χ1v) is 16.7. The van der Waals surface area contributed by atoms with Crippen LogP contribution in [0.5, 0.6) is 6.01 Å². The Kier molecular flexibility index (Phi) is 8.13. The lowest BCUT2D eigenvalue weighted by molar-refractivity contribution is -0.128. The van der Waals surface area contributed by atoms with Gasteiger partial charge < -0.3 is 14.5 Å². The third-order valence-electron chi connectivity index (χ3n) is 10.0. The summed E-state index contributed by atoms with van der Waals surface area (Å²) in [4.78, 5) is 28.7. The molecular weight excluding hydrogens is 605 g/mol. The number of aromatic nitrogens is 4. The lowest BCUT2D eigenvalue weighted by Gasteiger charge is -2.44. The molecular formula is C35H41ClFN7O2. The van der Waals surface area contributed by atoms with Crippen molar-refractivity contribution < 1.29 is 13.9 Å². The van der Waals surface area contributed by atoms with E-state index in [9.17, 15) is 4.79 Å². The van der Waals surface area contributed by atoms with Crippen LogP contribution in [0.15, 0.2) is 37.1 Å². The highest BCUT2D eigenvalue weighted by Gasteiger charge is 2.35. The Morgan fingerprint density at radius 2 is 1.96 bits per heavy atom. The van der Waals surface area contributed by atoms with E-state index in [1.807, 2.05) is 44.9 Å². The van der Waals surface area contributed by atoms with E-state index in [4.69, 9.17) is 26.3 Å². The number of amides is 1. The summed E-state index contributed by atoms with van der Waals surface area (Å²) in [5, 5.41) is 6.09. The van der Waals surface area contributed by atoms with Gasteiger partial charge in [-0.05, 0) is 76.6 Å². The van der Waals surface area contributed by atoms with Gasteiger partial charge in [0.2, 0.25) is 5.91 Å². The third kappa shape index (κ3) is 5.49. The van der Waals surface area contributed by atoms with Crippen LogP contribution in [-0.2, 0) is 11.8 Å². The van der Waals surface area contributed by atoms with E-state index in [0.717, 1.165) is 48.3 Å². The molecule has 0 radical (unpaired) electrons. The summed E-state index contributed by atoms with van der Waals surface area (Å²) in [5.74, 6) is 0.712. The minimum absolute atomic E-state index is 0.109. The Morgan fingerprint density at radius 3 is 2.72 bits per heavy atom. The predicted octanol–water partition coefficient (Wildman–Crippen LogP) is 6.15. The van der Waals surface area contributed by atoms with Crippen LogP contribution in [0.25, 0.3) is 32.9 Å². The van der Waals surface area contributed by atoms with Crippen molar-refractivity contribution in [2.75, 3.05) is 37.7 Å². The van der Waals surface area contributed by atoms with Crippen LogP contribution in [0.4, 0.5) is 10.2 Å². The minimum Gasteiger partial charge on any atom is -0.462 e. The van der Waals surface area contributed by atoms with Gasteiger partial charge in [0.25, 0.3) is 0 Å². The molecule has 0 N–H and O–H groups in total. The van der Waals surface area contributed by atoms with Crippen LogP contribution in [0.3, 0.4) is 0 Å². The summed E-state index contributed by atoms with van der Waals surface area (Å²) in [6.07, 6.45) is 7.93. The monoisotopic (exact) mass is 645 g/mol. The summed E-state index contributed by atoms with van der Waals surface area (Å²) in [5.41, 5.74) is 2.80. The van der Waals surface area contributed by atoms with Crippen LogP contribution in [0, 0.1) is 18.7 Å². The SMILES string of the molecule is C=CC(=O)N1C[C@H](C)N(c2nc(OC[C@@H]3CCCN3CC3CC3)nc3c(F)c(-c4c(C)ccc5cnn(C)c45)c(Cl)cc23)C[C@H]1C. The van der Waals surface area contributed by atoms with Gasteiger partial charge in [0, 0.05) is 66.7 Å². The Bertz CT molecular complexity index is 1840. The number of carbonyl (C=O) groups excluding carboxylic acids is 1. The number of benzene rings is 2. The van der Waals surface area contributed by atoms with Gasteiger partial charge in [0.05, 0.1) is 16.7 Å². The molecule has 3 atom stereocenters. The number of halogens is 2. The van der Waals surface area contributed by atoms with Crippen molar-refractivity contribution in [2.45, 2.75) is 64.6 Å². The van der Waals surface area contributed by atoms with E-state index in [-0.39, 0.29) is 46.1 Å². The van der Waals surface area contributed by atoms with Gasteiger partial charge in [0.1, 0.15) is 17.9 Å². The Balaban J connectivity index is 1.34. The maximum Gasteiger partial charge on any atom is 0.319 e. The fourth-order valence-electron chi connectivity index (χ4n) is 7.33. The van der Waals surface area contributed by atoms with Gasteiger partial charge in [-0.15, -0.1) is 0 Å². The normalized spacial score (nSPS) is 22.3. The summed E-state index contributed by atoms with van der Waals surface area (Å²) in [6, 6.07) is 5.92. The summed E-state index contributed by atoms with van der Waals surface area (Å²) < 4.78 is 25.2. The standard InChI is InChI=1S/C35H41ClFN7O2/c1-6-28(45)43-16-22(4)44(17-21(43)3)34-26-14-27(36)30(29-20(2)9-12-24-15-38-41(5)33(24)29)31(37)32(26)39-35(40-34)46-19-25-8-7-13-42(25)18-23-10-11-23/h6,9,12,14-15,21-23,25H,1,7-8,10-11,13,16-19H2,2-5H3/t21-,22+,25+/m1/s1. The van der Waals surface area contributed by atoms with Crippen molar-refractivity contribution in [1.29, 1.82) is 0 Å². The third-order valence-corrected chi connectivity index (χ3v) is 10.3. The van der Waals surface area contributed by atoms with Gasteiger partial charge in [-0.1, -0.05) is 30.3 Å². The first-order chi connectivity index (χ1) is 22.1. The zero-order valence-electron chi connectivity index (χ0n) is 27.0. The fourth-order valence-corrected chi connectivity index (χ4v) is 7.62. The number of piperazine rings is 1. The molecule has 11 heteroatoms. The number of carbonyl (C=O) groups is 1. The molecule has 46 heavy (non-hydrogen) atoms. The lowest BCUT2D eigenvalue weighted by atomic mass is 9.96. The molecule has 9 nitrogen and oxygen atoms in total. The number of aryl methyl sites for hydroxylation is 2. The van der Waals surface area contributed by atoms with Crippen molar-refractivity contribution in [3.63, 3.8) is 0 Å². The smallest absolute Gasteiger partial charge is 0.319 e. The maximum atomic E-state index is 17.1. The van der Waals surface area contributed by atoms with Crippen molar-refractivity contribution >= 4 is 45.1 Å². The van der Waals surface area contributed by atoms with Gasteiger partial charge in [-0.25, -0.2) is 4.39 Å². The first-order valence-electron chi connectivity index (χ1n) is 16.3. The molecule has 0 spiro atoms. The molecule has 4 heterocycles. The van der Waals surface area contributed by atoms with Gasteiger partial charge in [-0.2, -0.15) is 15.1 Å². The van der Waals surface area contributed by atoms with E-state index < -0.39 is 5.82 Å². The average Bonchev–Trinajstić information content (AvgIpc) is 3.62. The highest BCUT2D eigenvalue weighted by atomic mass is 35.5. The van der Waals surface area contributed by atoms with Crippen LogP contribution in [0.1, 0.15) is 45.1 Å². The van der Waals surface area contributed by atoms with Gasteiger partial charge >= 0.3 is 6.01 Å². The molecule has 1 amide bonds. The molecule has 2 aromatic heterocycles. The largest absolute Gasteiger partial charge is 0.462 e. The highest BCUT2D eigenvalue weighted by molar-refractivity contribution is 6.35. The zero-order valence-corrected chi connectivity index (χ0v) is 27.7. The lowest BCUT2D eigenvalue weighted by Crippen LogP contribution is -2.58. The van der Waals surface area contributed by atoms with Crippen LogP contribution in [0.2, 0.25) is 5.02 Å². The van der Waals surface area contributed by atoms with E-state index >= 15 is 4.39 Å². The molecule has 1 saturated carbocycles. The Hall–Kier alpha value is -3.76. The molecule has 7 rings (SSSR count). The molecule has 1 aliphatic carbocycles. The molecule has 242 valence electrons. The van der Waals surface area contributed by atoms with E-state index in [1.165, 1.54) is 18.9 Å². The molecule has 0 unspecified atom stereocenters. The maximum absolute atomic E-state index is 17.1. The van der Waals surface area contributed by atoms with Gasteiger partial charge in [-0.3, -0.25) is 14.4 Å². The van der Waals surface area contributed by atoms with Crippen LogP contribution < -0.4 is 9.64 Å². The van der Waals surface area contributed by atoms with E-state index in [1.54, 1.807) is 16.9 Å². The average molecular weight is 646 g/mol. The molecule has 2 aromatic carbocycles. The number of hydrogen-bond acceptors (Lipinski definition) is 7. The number of rotatable bonds is 8. The quantitative estimate of drug-likeness (QED) is 0.213. The van der Waals surface area contributed by atoms with Crippen LogP contribution >= 0.6 is 11.6 Å².